The number of alkyl halides is 9. The Morgan fingerprint density at radius 1 is 0.827 bits per heavy atom. The summed E-state index contributed by atoms with van der Waals surface area (Å²) in [6, 6.07) is 4.66. The summed E-state index contributed by atoms with van der Waals surface area (Å²) in [6.45, 7) is 4.95. The number of nitrogens with zero attached hydrogens (tertiary/aromatic N) is 4. The molecule has 0 aliphatic carbocycles. The smallest absolute Gasteiger partial charge is 0.475 e. The zero-order valence-electron chi connectivity index (χ0n) is 27.1. The van der Waals surface area contributed by atoms with Crippen LogP contribution < -0.4 is 11.1 Å². The molecular weight excluding hydrogens is 731 g/mol. The van der Waals surface area contributed by atoms with Gasteiger partial charge in [-0.1, -0.05) is 6.07 Å². The number of anilines is 1. The number of piperidine rings is 1. The van der Waals surface area contributed by atoms with E-state index in [1.165, 1.54) is 12.8 Å². The van der Waals surface area contributed by atoms with E-state index in [1.807, 2.05) is 6.07 Å². The van der Waals surface area contributed by atoms with Gasteiger partial charge >= 0.3 is 36.4 Å². The van der Waals surface area contributed by atoms with Crippen LogP contribution >= 0.6 is 0 Å². The van der Waals surface area contributed by atoms with Crippen LogP contribution in [0.1, 0.15) is 74.1 Å². The second kappa shape index (κ2) is 16.1. The molecule has 52 heavy (non-hydrogen) atoms. The fourth-order valence-corrected chi connectivity index (χ4v) is 5.09. The lowest BCUT2D eigenvalue weighted by Crippen LogP contribution is -2.38. The van der Waals surface area contributed by atoms with Crippen molar-refractivity contribution in [2.45, 2.75) is 88.6 Å². The molecule has 0 saturated carbocycles. The van der Waals surface area contributed by atoms with Gasteiger partial charge in [0.05, 0.1) is 23.1 Å². The maximum absolute atomic E-state index is 12.5. The Balaban J connectivity index is 0.000000365. The summed E-state index contributed by atoms with van der Waals surface area (Å²) in [5, 5.41) is 39.6. The SMILES string of the molecule is CC(=O)c1c([C@@H]2C[C@H]3CC[C@@H](C2)N3)nc2c(-c3ccc(C(C)(C)O)nc3)cnn2c1N.O=C(O)C(F)(F)F.O=C(O)C(F)(F)F.O=C(O)C(F)(F)F. The molecule has 2 saturated heterocycles. The number of carbonyl (C=O) groups excluding carboxylic acids is 1. The minimum atomic E-state index is -5.08. The minimum Gasteiger partial charge on any atom is -0.475 e. The van der Waals surface area contributed by atoms with Crippen molar-refractivity contribution < 1.29 is 79.1 Å². The molecule has 5 heterocycles. The largest absolute Gasteiger partial charge is 0.490 e. The first-order valence-corrected chi connectivity index (χ1v) is 14.6. The van der Waals surface area contributed by atoms with Gasteiger partial charge < -0.3 is 31.5 Å². The van der Waals surface area contributed by atoms with Gasteiger partial charge in [0, 0.05) is 35.3 Å². The molecular formula is C29H31F9N6O8. The van der Waals surface area contributed by atoms with Crippen molar-refractivity contribution in [1.82, 2.24) is 24.9 Å². The molecule has 2 bridgehead atoms. The number of aliphatic carboxylic acids is 3. The molecule has 3 aromatic rings. The fraction of sp³-hybridized carbons (Fsp3) is 0.483. The lowest BCUT2D eigenvalue weighted by atomic mass is 9.86. The number of rotatable bonds is 4. The number of nitrogens with two attached hydrogens (primary N) is 1. The molecule has 2 fully saturated rings. The predicted octanol–water partition coefficient (Wildman–Crippen LogP) is 4.70. The van der Waals surface area contributed by atoms with E-state index in [1.54, 1.807) is 43.7 Å². The summed E-state index contributed by atoms with van der Waals surface area (Å²) in [5.41, 5.74) is 9.58. The van der Waals surface area contributed by atoms with Crippen molar-refractivity contribution in [2.24, 2.45) is 0 Å². The first-order valence-electron chi connectivity index (χ1n) is 14.6. The number of carboxylic acids is 3. The number of fused-ring (bicyclic) bond motifs is 3. The van der Waals surface area contributed by atoms with Crippen molar-refractivity contribution in [2.75, 3.05) is 5.73 Å². The number of ketones is 1. The third-order valence-corrected chi connectivity index (χ3v) is 7.35. The van der Waals surface area contributed by atoms with Gasteiger partial charge in [0.2, 0.25) is 0 Å². The molecule has 0 amide bonds. The minimum absolute atomic E-state index is 0.0824. The summed E-state index contributed by atoms with van der Waals surface area (Å²) in [5.74, 6) is -7.82. The summed E-state index contributed by atoms with van der Waals surface area (Å²) in [7, 11) is 0. The Bertz CT molecular complexity index is 1700. The highest BCUT2D eigenvalue weighted by Crippen LogP contribution is 2.40. The van der Waals surface area contributed by atoms with Gasteiger partial charge in [0.25, 0.3) is 0 Å². The summed E-state index contributed by atoms with van der Waals surface area (Å²) < 4.78 is 96.8. The van der Waals surface area contributed by atoms with Crippen LogP contribution in [-0.4, -0.2) is 94.3 Å². The zero-order valence-corrected chi connectivity index (χ0v) is 27.1. The van der Waals surface area contributed by atoms with Crippen molar-refractivity contribution in [3.63, 3.8) is 0 Å². The molecule has 288 valence electrons. The third kappa shape index (κ3) is 11.5. The first-order chi connectivity index (χ1) is 23.5. The van der Waals surface area contributed by atoms with Gasteiger partial charge in [-0.2, -0.15) is 49.1 Å². The average molecular weight is 763 g/mol. The van der Waals surface area contributed by atoms with Gasteiger partial charge in [-0.15, -0.1) is 0 Å². The van der Waals surface area contributed by atoms with Crippen LogP contribution in [0.3, 0.4) is 0 Å². The Morgan fingerprint density at radius 3 is 1.62 bits per heavy atom. The lowest BCUT2D eigenvalue weighted by Gasteiger charge is -2.30. The summed E-state index contributed by atoms with van der Waals surface area (Å²) >= 11 is 0. The number of hydrogen-bond acceptors (Lipinski definition) is 10. The molecule has 5 rings (SSSR count). The van der Waals surface area contributed by atoms with Gasteiger partial charge in [-0.05, 0) is 52.5 Å². The van der Waals surface area contributed by atoms with Crippen molar-refractivity contribution in [1.29, 1.82) is 0 Å². The molecule has 23 heteroatoms. The number of pyridine rings is 1. The number of nitrogen functional groups attached to an aromatic ring is 1. The summed E-state index contributed by atoms with van der Waals surface area (Å²) in [6.07, 6.45) is -7.56. The van der Waals surface area contributed by atoms with Crippen LogP contribution in [0.5, 0.6) is 0 Å². The highest BCUT2D eigenvalue weighted by Gasteiger charge is 2.40. The van der Waals surface area contributed by atoms with E-state index in [-0.39, 0.29) is 11.7 Å². The van der Waals surface area contributed by atoms with Crippen molar-refractivity contribution >= 4 is 35.2 Å². The van der Waals surface area contributed by atoms with Crippen LogP contribution in [0, 0.1) is 0 Å². The van der Waals surface area contributed by atoms with Crippen molar-refractivity contribution in [3.05, 3.63) is 41.5 Å². The van der Waals surface area contributed by atoms with Crippen LogP contribution in [0.15, 0.2) is 24.5 Å². The van der Waals surface area contributed by atoms with Crippen molar-refractivity contribution in [3.8, 4) is 11.1 Å². The second-order valence-electron chi connectivity index (χ2n) is 11.8. The number of hydrogen-bond donors (Lipinski definition) is 6. The van der Waals surface area contributed by atoms with E-state index in [0.717, 1.165) is 29.7 Å². The molecule has 14 nitrogen and oxygen atoms in total. The molecule has 2 aliphatic rings. The highest BCUT2D eigenvalue weighted by atomic mass is 19.4. The molecule has 3 aromatic heterocycles. The van der Waals surface area contributed by atoms with E-state index in [2.05, 4.69) is 15.4 Å². The third-order valence-electron chi connectivity index (χ3n) is 7.35. The van der Waals surface area contributed by atoms with E-state index < -0.39 is 42.0 Å². The predicted molar refractivity (Wildman–Crippen MR) is 159 cm³/mol. The quantitative estimate of drug-likeness (QED) is 0.157. The Hall–Kier alpha value is -5.06. The molecule has 3 atom stereocenters. The van der Waals surface area contributed by atoms with Gasteiger partial charge in [0.1, 0.15) is 11.4 Å². The van der Waals surface area contributed by atoms with Crippen LogP contribution in [-0.2, 0) is 20.0 Å². The van der Waals surface area contributed by atoms with E-state index in [9.17, 15) is 49.4 Å². The molecule has 0 unspecified atom stereocenters. The van der Waals surface area contributed by atoms with Crippen LogP contribution in [0.4, 0.5) is 45.3 Å². The van der Waals surface area contributed by atoms with Crippen LogP contribution in [0.2, 0.25) is 0 Å². The Kier molecular flexibility index (Phi) is 13.3. The Labute approximate surface area is 286 Å². The topological polar surface area (TPSA) is 230 Å². The second-order valence-corrected chi connectivity index (χ2v) is 11.8. The average Bonchev–Trinajstić information content (AvgIpc) is 3.58. The standard InChI is InChI=1S/C23H28N6O2.3C2HF3O2/c1-12(30)19-20(14-8-15-5-6-16(9-14)27-15)28-22-17(11-26-29(22)21(19)24)13-4-7-18(25-10-13)23(2,3)31;3*3-2(4,5)1(6)7/h4,7,10-11,14-16,27,31H,5-6,8-9,24H2,1-3H3;3*(H,6,7)/t14-,15-,16+;;;. The number of carboxylic acid groups (broad SMARTS) is 3. The monoisotopic (exact) mass is 762 g/mol. The zero-order chi connectivity index (χ0) is 40.1. The number of aliphatic hydroxyl groups is 1. The molecule has 0 aromatic carbocycles. The molecule has 0 spiro atoms. The lowest BCUT2D eigenvalue weighted by molar-refractivity contribution is -0.193. The van der Waals surface area contributed by atoms with Crippen LogP contribution in [0.25, 0.3) is 16.8 Å². The van der Waals surface area contributed by atoms with E-state index >= 15 is 0 Å². The molecule has 2 aliphatic heterocycles. The van der Waals surface area contributed by atoms with Gasteiger partial charge in [-0.3, -0.25) is 9.78 Å². The number of aromatic nitrogens is 4. The number of halogens is 9. The maximum Gasteiger partial charge on any atom is 0.490 e. The number of carbonyl (C=O) groups is 4. The highest BCUT2D eigenvalue weighted by molar-refractivity contribution is 6.00. The normalized spacial score (nSPS) is 18.5. The first kappa shape index (κ1) is 43.1. The Morgan fingerprint density at radius 2 is 1.27 bits per heavy atom. The number of Topliss-reactive ketones (excluding diaryl/α,β-unsaturated/α-hetero) is 1. The number of nitrogens with one attached hydrogen (secondary N) is 1. The molecule has 0 radical (unpaired) electrons. The molecule has 7 N–H and O–H groups in total. The van der Waals surface area contributed by atoms with Gasteiger partial charge in [0.15, 0.2) is 11.4 Å². The maximum atomic E-state index is 12.5. The van der Waals surface area contributed by atoms with E-state index in [0.29, 0.717) is 34.8 Å². The summed E-state index contributed by atoms with van der Waals surface area (Å²) in [4.78, 5) is 48.6. The van der Waals surface area contributed by atoms with Gasteiger partial charge in [-0.25, -0.2) is 19.4 Å². The fourth-order valence-electron chi connectivity index (χ4n) is 5.09. The van der Waals surface area contributed by atoms with E-state index in [4.69, 9.17) is 40.4 Å².